The van der Waals surface area contributed by atoms with E-state index in [4.69, 9.17) is 4.74 Å². The van der Waals surface area contributed by atoms with E-state index in [9.17, 15) is 4.79 Å². The van der Waals surface area contributed by atoms with Crippen molar-refractivity contribution in [2.75, 3.05) is 23.1 Å². The molecule has 2 amide bonds. The first-order valence-corrected chi connectivity index (χ1v) is 7.87. The molecule has 0 aromatic heterocycles. The van der Waals surface area contributed by atoms with E-state index in [1.807, 2.05) is 54.6 Å². The largest absolute Gasteiger partial charge is 0.497 e. The van der Waals surface area contributed by atoms with Gasteiger partial charge in [0.15, 0.2) is 0 Å². The highest BCUT2D eigenvalue weighted by Crippen LogP contribution is 2.19. The van der Waals surface area contributed by atoms with Crippen LogP contribution in [0.5, 0.6) is 5.75 Å². The third-order valence-electron chi connectivity index (χ3n) is 3.55. The summed E-state index contributed by atoms with van der Waals surface area (Å²) in [6.07, 6.45) is 0. The summed E-state index contributed by atoms with van der Waals surface area (Å²) in [6, 6.07) is 24.3. The normalized spacial score (nSPS) is 9.96. The van der Waals surface area contributed by atoms with Crippen LogP contribution in [-0.4, -0.2) is 13.1 Å². The van der Waals surface area contributed by atoms with Gasteiger partial charge in [-0.1, -0.05) is 18.2 Å². The fourth-order valence-corrected chi connectivity index (χ4v) is 2.29. The van der Waals surface area contributed by atoms with Gasteiger partial charge in [0.1, 0.15) is 5.75 Å². The van der Waals surface area contributed by atoms with Crippen molar-refractivity contribution in [3.05, 3.63) is 78.9 Å². The fraction of sp³-hybridized carbons (Fsp3) is 0.0500. The van der Waals surface area contributed by atoms with Crippen molar-refractivity contribution in [2.45, 2.75) is 0 Å². The van der Waals surface area contributed by atoms with Gasteiger partial charge in [0.05, 0.1) is 7.11 Å². The molecule has 3 aromatic rings. The minimum Gasteiger partial charge on any atom is -0.497 e. The topological polar surface area (TPSA) is 62.4 Å². The number of urea groups is 1. The van der Waals surface area contributed by atoms with E-state index < -0.39 is 0 Å². The lowest BCUT2D eigenvalue weighted by Gasteiger charge is -2.10. The van der Waals surface area contributed by atoms with E-state index in [1.54, 1.807) is 31.4 Å². The van der Waals surface area contributed by atoms with E-state index in [0.29, 0.717) is 11.4 Å². The molecule has 5 nitrogen and oxygen atoms in total. The summed E-state index contributed by atoms with van der Waals surface area (Å²) >= 11 is 0. The third kappa shape index (κ3) is 4.75. The molecule has 0 radical (unpaired) electrons. The zero-order valence-corrected chi connectivity index (χ0v) is 13.8. The molecule has 0 atom stereocenters. The van der Waals surface area contributed by atoms with Crippen LogP contribution >= 0.6 is 0 Å². The average Bonchev–Trinajstić information content (AvgIpc) is 2.65. The van der Waals surface area contributed by atoms with Crippen LogP contribution in [0.2, 0.25) is 0 Å². The predicted octanol–water partition coefficient (Wildman–Crippen LogP) is 5.08. The van der Waals surface area contributed by atoms with Crippen LogP contribution in [0.15, 0.2) is 78.9 Å². The van der Waals surface area contributed by atoms with E-state index in [2.05, 4.69) is 16.0 Å². The predicted molar refractivity (Wildman–Crippen MR) is 102 cm³/mol. The van der Waals surface area contributed by atoms with E-state index in [0.717, 1.165) is 17.1 Å². The molecular formula is C20H19N3O2. The first kappa shape index (κ1) is 16.4. The second-order valence-corrected chi connectivity index (χ2v) is 5.38. The molecule has 0 saturated heterocycles. The number of methoxy groups -OCH3 is 1. The van der Waals surface area contributed by atoms with Gasteiger partial charge in [-0.05, 0) is 60.7 Å². The Bertz CT molecular complexity index is 816. The standard InChI is InChI=1S/C20H19N3O2/c1-25-19-13-11-18(12-14-19)23-20(24)22-17-9-7-16(8-10-17)21-15-5-3-2-4-6-15/h2-14,21H,1H3,(H2,22,23,24). The van der Waals surface area contributed by atoms with Crippen molar-refractivity contribution in [2.24, 2.45) is 0 Å². The smallest absolute Gasteiger partial charge is 0.323 e. The molecule has 0 saturated carbocycles. The van der Waals surface area contributed by atoms with E-state index >= 15 is 0 Å². The van der Waals surface area contributed by atoms with Gasteiger partial charge in [0.2, 0.25) is 0 Å². The minimum absolute atomic E-state index is 0.297. The Kier molecular flexibility index (Phi) is 5.16. The number of carbonyl (C=O) groups excluding carboxylic acids is 1. The van der Waals surface area contributed by atoms with Gasteiger partial charge in [-0.25, -0.2) is 4.79 Å². The van der Waals surface area contributed by atoms with Gasteiger partial charge in [-0.15, -0.1) is 0 Å². The highest BCUT2D eigenvalue weighted by molar-refractivity contribution is 5.99. The zero-order chi connectivity index (χ0) is 17.5. The molecule has 0 spiro atoms. The highest BCUT2D eigenvalue weighted by Gasteiger charge is 2.03. The molecule has 0 aliphatic rings. The first-order valence-electron chi connectivity index (χ1n) is 7.87. The molecule has 3 aromatic carbocycles. The number of rotatable bonds is 5. The van der Waals surface area contributed by atoms with E-state index in [-0.39, 0.29) is 6.03 Å². The van der Waals surface area contributed by atoms with Gasteiger partial charge in [0.25, 0.3) is 0 Å². The van der Waals surface area contributed by atoms with Crippen molar-refractivity contribution in [3.8, 4) is 5.75 Å². The summed E-state index contributed by atoms with van der Waals surface area (Å²) in [4.78, 5) is 12.0. The number of benzene rings is 3. The molecule has 5 heteroatoms. The van der Waals surface area contributed by atoms with Crippen LogP contribution in [0, 0.1) is 0 Å². The maximum absolute atomic E-state index is 12.0. The maximum Gasteiger partial charge on any atom is 0.323 e. The Balaban J connectivity index is 1.56. The molecule has 0 bridgehead atoms. The molecule has 3 rings (SSSR count). The summed E-state index contributed by atoms with van der Waals surface area (Å²) in [5.41, 5.74) is 3.37. The SMILES string of the molecule is COc1ccc(NC(=O)Nc2ccc(Nc3ccccc3)cc2)cc1. The zero-order valence-electron chi connectivity index (χ0n) is 13.8. The molecule has 0 heterocycles. The Morgan fingerprint density at radius 1 is 0.680 bits per heavy atom. The lowest BCUT2D eigenvalue weighted by atomic mass is 10.2. The molecule has 0 aliphatic carbocycles. The monoisotopic (exact) mass is 333 g/mol. The number of amides is 2. The Morgan fingerprint density at radius 2 is 1.16 bits per heavy atom. The number of hydrogen-bond donors (Lipinski definition) is 3. The molecular weight excluding hydrogens is 314 g/mol. The number of ether oxygens (including phenoxy) is 1. The van der Waals surface area contributed by atoms with Gasteiger partial charge >= 0.3 is 6.03 Å². The molecule has 25 heavy (non-hydrogen) atoms. The van der Waals surface area contributed by atoms with Crippen LogP contribution in [0.4, 0.5) is 27.5 Å². The number of hydrogen-bond acceptors (Lipinski definition) is 3. The van der Waals surface area contributed by atoms with Gasteiger partial charge in [-0.3, -0.25) is 0 Å². The van der Waals surface area contributed by atoms with Crippen LogP contribution in [0.1, 0.15) is 0 Å². The first-order chi connectivity index (χ1) is 12.2. The molecule has 0 fully saturated rings. The van der Waals surface area contributed by atoms with Crippen molar-refractivity contribution in [1.82, 2.24) is 0 Å². The second kappa shape index (κ2) is 7.88. The van der Waals surface area contributed by atoms with Crippen molar-refractivity contribution in [3.63, 3.8) is 0 Å². The third-order valence-corrected chi connectivity index (χ3v) is 3.55. The summed E-state index contributed by atoms with van der Waals surface area (Å²) in [5, 5.41) is 8.87. The Morgan fingerprint density at radius 3 is 1.72 bits per heavy atom. The van der Waals surface area contributed by atoms with Crippen molar-refractivity contribution in [1.29, 1.82) is 0 Å². The maximum atomic E-state index is 12.0. The van der Waals surface area contributed by atoms with Gasteiger partial charge in [-0.2, -0.15) is 0 Å². The fourth-order valence-electron chi connectivity index (χ4n) is 2.29. The van der Waals surface area contributed by atoms with Crippen molar-refractivity contribution < 1.29 is 9.53 Å². The Labute approximate surface area is 146 Å². The average molecular weight is 333 g/mol. The lowest BCUT2D eigenvalue weighted by Crippen LogP contribution is -2.19. The van der Waals surface area contributed by atoms with Crippen LogP contribution < -0.4 is 20.7 Å². The quantitative estimate of drug-likeness (QED) is 0.610. The van der Waals surface area contributed by atoms with E-state index in [1.165, 1.54) is 0 Å². The molecule has 126 valence electrons. The van der Waals surface area contributed by atoms with Crippen molar-refractivity contribution >= 4 is 28.8 Å². The van der Waals surface area contributed by atoms with Gasteiger partial charge in [0, 0.05) is 22.7 Å². The molecule has 0 unspecified atom stereocenters. The number of carbonyl (C=O) groups is 1. The van der Waals surface area contributed by atoms with Gasteiger partial charge < -0.3 is 20.7 Å². The minimum atomic E-state index is -0.297. The summed E-state index contributed by atoms with van der Waals surface area (Å²) in [6.45, 7) is 0. The van der Waals surface area contributed by atoms with Crippen LogP contribution in [0.25, 0.3) is 0 Å². The highest BCUT2D eigenvalue weighted by atomic mass is 16.5. The summed E-state index contributed by atoms with van der Waals surface area (Å²) in [7, 11) is 1.60. The second-order valence-electron chi connectivity index (χ2n) is 5.38. The Hall–Kier alpha value is -3.47. The van der Waals surface area contributed by atoms with Crippen LogP contribution in [0.3, 0.4) is 0 Å². The lowest BCUT2D eigenvalue weighted by molar-refractivity contribution is 0.262. The molecule has 0 aliphatic heterocycles. The summed E-state index contributed by atoms with van der Waals surface area (Å²) in [5.74, 6) is 0.743. The summed E-state index contributed by atoms with van der Waals surface area (Å²) < 4.78 is 5.09. The number of anilines is 4. The number of nitrogens with one attached hydrogen (secondary N) is 3. The molecule has 3 N–H and O–H groups in total. The number of para-hydroxylation sites is 1. The van der Waals surface area contributed by atoms with Crippen LogP contribution in [-0.2, 0) is 0 Å².